The van der Waals surface area contributed by atoms with Gasteiger partial charge >= 0.3 is 6.09 Å². The molecule has 0 atom stereocenters. The van der Waals surface area contributed by atoms with Crippen molar-refractivity contribution in [2.75, 3.05) is 44.6 Å². The Bertz CT molecular complexity index is 570. The van der Waals surface area contributed by atoms with Crippen LogP contribution in [0.3, 0.4) is 0 Å². The number of piperazine rings is 1. The van der Waals surface area contributed by atoms with Gasteiger partial charge < -0.3 is 19.9 Å². The molecule has 0 aliphatic carbocycles. The van der Waals surface area contributed by atoms with Gasteiger partial charge in [0.15, 0.2) is 0 Å². The molecule has 1 aliphatic rings. The van der Waals surface area contributed by atoms with E-state index < -0.39 is 0 Å². The number of nitrogens with one attached hydrogen (secondary N) is 1. The van der Waals surface area contributed by atoms with Crippen molar-refractivity contribution in [2.24, 2.45) is 0 Å². The molecule has 1 aromatic heterocycles. The van der Waals surface area contributed by atoms with Gasteiger partial charge in [-0.1, -0.05) is 6.08 Å². The zero-order chi connectivity index (χ0) is 16.7. The van der Waals surface area contributed by atoms with Gasteiger partial charge in [0.05, 0.1) is 6.61 Å². The van der Waals surface area contributed by atoms with Gasteiger partial charge in [-0.25, -0.2) is 14.8 Å². The number of hydrogen-bond acceptors (Lipinski definition) is 6. The molecule has 8 heteroatoms. The smallest absolute Gasteiger partial charge is 0.409 e. The molecular weight excluding hydrogens is 298 g/mol. The molecule has 0 radical (unpaired) electrons. The van der Waals surface area contributed by atoms with Gasteiger partial charge in [0.1, 0.15) is 17.8 Å². The van der Waals surface area contributed by atoms with E-state index in [4.69, 9.17) is 4.74 Å². The highest BCUT2D eigenvalue weighted by atomic mass is 16.6. The number of nitrogens with zero attached hydrogens (tertiary/aromatic N) is 4. The molecule has 8 nitrogen and oxygen atoms in total. The molecule has 124 valence electrons. The van der Waals surface area contributed by atoms with E-state index >= 15 is 0 Å². The lowest BCUT2D eigenvalue weighted by Crippen LogP contribution is -2.50. The van der Waals surface area contributed by atoms with E-state index in [1.165, 1.54) is 6.33 Å². The molecule has 1 aromatic rings. The molecular formula is C15H21N5O3. The number of hydrogen-bond donors (Lipinski definition) is 1. The van der Waals surface area contributed by atoms with Crippen LogP contribution in [0.4, 0.5) is 10.6 Å². The summed E-state index contributed by atoms with van der Waals surface area (Å²) < 4.78 is 4.96. The lowest BCUT2D eigenvalue weighted by atomic mass is 10.2. The fourth-order valence-electron chi connectivity index (χ4n) is 2.22. The average Bonchev–Trinajstić information content (AvgIpc) is 2.60. The maximum atomic E-state index is 12.5. The topological polar surface area (TPSA) is 87.7 Å². The Morgan fingerprint density at radius 2 is 2.00 bits per heavy atom. The third-order valence-corrected chi connectivity index (χ3v) is 3.41. The molecule has 2 amide bonds. The predicted molar refractivity (Wildman–Crippen MR) is 85.2 cm³/mol. The summed E-state index contributed by atoms with van der Waals surface area (Å²) in [6.45, 7) is 8.11. The van der Waals surface area contributed by atoms with E-state index in [0.29, 0.717) is 50.8 Å². The van der Waals surface area contributed by atoms with Crippen LogP contribution in [0.2, 0.25) is 0 Å². The van der Waals surface area contributed by atoms with Gasteiger partial charge in [-0.2, -0.15) is 0 Å². The number of rotatable bonds is 5. The van der Waals surface area contributed by atoms with Crippen LogP contribution >= 0.6 is 0 Å². The molecule has 0 saturated carbocycles. The summed E-state index contributed by atoms with van der Waals surface area (Å²) in [7, 11) is 0. The Kier molecular flexibility index (Phi) is 5.90. The van der Waals surface area contributed by atoms with E-state index in [-0.39, 0.29) is 12.0 Å². The minimum atomic E-state index is -0.336. The summed E-state index contributed by atoms with van der Waals surface area (Å²) in [5.41, 5.74) is 0.330. The van der Waals surface area contributed by atoms with Gasteiger partial charge in [-0.05, 0) is 6.92 Å². The molecule has 2 rings (SSSR count). The van der Waals surface area contributed by atoms with Crippen molar-refractivity contribution in [3.05, 3.63) is 30.7 Å². The summed E-state index contributed by atoms with van der Waals surface area (Å²) in [5.74, 6) is 0.408. The molecule has 1 saturated heterocycles. The third-order valence-electron chi connectivity index (χ3n) is 3.41. The molecule has 1 fully saturated rings. The number of aromatic nitrogens is 2. The highest BCUT2D eigenvalue weighted by Crippen LogP contribution is 2.10. The Morgan fingerprint density at radius 3 is 2.65 bits per heavy atom. The summed E-state index contributed by atoms with van der Waals surface area (Å²) in [6, 6.07) is 1.61. The van der Waals surface area contributed by atoms with E-state index in [9.17, 15) is 9.59 Å². The number of carbonyl (C=O) groups is 2. The van der Waals surface area contributed by atoms with Crippen molar-refractivity contribution in [1.29, 1.82) is 0 Å². The van der Waals surface area contributed by atoms with Crippen molar-refractivity contribution in [1.82, 2.24) is 19.8 Å². The van der Waals surface area contributed by atoms with Crippen LogP contribution in [0.5, 0.6) is 0 Å². The largest absolute Gasteiger partial charge is 0.450 e. The summed E-state index contributed by atoms with van der Waals surface area (Å²) in [4.78, 5) is 35.5. The third kappa shape index (κ3) is 4.41. The van der Waals surface area contributed by atoms with Crippen molar-refractivity contribution in [2.45, 2.75) is 6.92 Å². The number of carbonyl (C=O) groups excluding carboxylic acids is 2. The molecule has 1 aliphatic heterocycles. The predicted octanol–water partition coefficient (Wildman–Crippen LogP) is 0.989. The van der Waals surface area contributed by atoms with Crippen molar-refractivity contribution >= 4 is 17.8 Å². The second kappa shape index (κ2) is 8.11. The van der Waals surface area contributed by atoms with Crippen LogP contribution in [0.15, 0.2) is 25.0 Å². The zero-order valence-electron chi connectivity index (χ0n) is 13.2. The lowest BCUT2D eigenvalue weighted by Gasteiger charge is -2.33. The molecule has 23 heavy (non-hydrogen) atoms. The van der Waals surface area contributed by atoms with Gasteiger partial charge in [-0.15, -0.1) is 6.58 Å². The normalized spacial score (nSPS) is 14.3. The van der Waals surface area contributed by atoms with Crippen molar-refractivity contribution in [3.8, 4) is 0 Å². The standard InChI is InChI=1S/C15H21N5O3/c1-3-5-16-13-10-12(17-11-18-13)14(21)19-6-8-20(9-7-19)15(22)23-4-2/h3,10-11H,1,4-9H2,2H3,(H,16,17,18). The van der Waals surface area contributed by atoms with Gasteiger partial charge in [-0.3, -0.25) is 4.79 Å². The fourth-order valence-corrected chi connectivity index (χ4v) is 2.22. The van der Waals surface area contributed by atoms with Crippen LogP contribution in [0.1, 0.15) is 17.4 Å². The molecule has 0 bridgehead atoms. The Morgan fingerprint density at radius 1 is 1.30 bits per heavy atom. The first kappa shape index (κ1) is 16.7. The van der Waals surface area contributed by atoms with Crippen LogP contribution in [-0.4, -0.2) is 71.1 Å². The maximum Gasteiger partial charge on any atom is 0.409 e. The number of ether oxygens (including phenoxy) is 1. The molecule has 0 unspecified atom stereocenters. The first-order valence-electron chi connectivity index (χ1n) is 7.53. The van der Waals surface area contributed by atoms with E-state index in [1.54, 1.807) is 28.9 Å². The Balaban J connectivity index is 1.94. The molecule has 1 N–H and O–H groups in total. The highest BCUT2D eigenvalue weighted by Gasteiger charge is 2.26. The second-order valence-corrected chi connectivity index (χ2v) is 4.94. The summed E-state index contributed by atoms with van der Waals surface area (Å²) >= 11 is 0. The monoisotopic (exact) mass is 319 g/mol. The summed E-state index contributed by atoms with van der Waals surface area (Å²) in [5, 5.41) is 3.02. The van der Waals surface area contributed by atoms with Crippen LogP contribution in [0.25, 0.3) is 0 Å². The first-order chi connectivity index (χ1) is 11.2. The Labute approximate surface area is 135 Å². The van der Waals surface area contributed by atoms with Crippen molar-refractivity contribution < 1.29 is 14.3 Å². The quantitative estimate of drug-likeness (QED) is 0.814. The molecule has 0 aromatic carbocycles. The van der Waals surface area contributed by atoms with Crippen LogP contribution in [-0.2, 0) is 4.74 Å². The van der Waals surface area contributed by atoms with E-state index in [2.05, 4.69) is 21.9 Å². The van der Waals surface area contributed by atoms with Crippen molar-refractivity contribution in [3.63, 3.8) is 0 Å². The van der Waals surface area contributed by atoms with E-state index in [1.807, 2.05) is 0 Å². The first-order valence-corrected chi connectivity index (χ1v) is 7.53. The minimum Gasteiger partial charge on any atom is -0.450 e. The second-order valence-electron chi connectivity index (χ2n) is 4.94. The minimum absolute atomic E-state index is 0.169. The highest BCUT2D eigenvalue weighted by molar-refractivity contribution is 5.93. The fraction of sp³-hybridized carbons (Fsp3) is 0.467. The molecule has 0 spiro atoms. The average molecular weight is 319 g/mol. The van der Waals surface area contributed by atoms with E-state index in [0.717, 1.165) is 0 Å². The van der Waals surface area contributed by atoms with Gasteiger partial charge in [0, 0.05) is 38.8 Å². The van der Waals surface area contributed by atoms with Crippen LogP contribution in [0, 0.1) is 0 Å². The maximum absolute atomic E-state index is 12.5. The van der Waals surface area contributed by atoms with Crippen LogP contribution < -0.4 is 5.32 Å². The molecule has 2 heterocycles. The SMILES string of the molecule is C=CCNc1cc(C(=O)N2CCN(C(=O)OCC)CC2)ncn1. The lowest BCUT2D eigenvalue weighted by molar-refractivity contribution is 0.0566. The van der Waals surface area contributed by atoms with Gasteiger partial charge in [0.25, 0.3) is 5.91 Å². The number of anilines is 1. The van der Waals surface area contributed by atoms with Gasteiger partial charge in [0.2, 0.25) is 0 Å². The Hall–Kier alpha value is -2.64. The number of amides is 2. The zero-order valence-corrected chi connectivity index (χ0v) is 13.2. The summed E-state index contributed by atoms with van der Waals surface area (Å²) in [6.07, 6.45) is 2.73.